The molecule has 1 aliphatic rings. The number of aliphatic hydroxyl groups excluding tert-OH is 2. The lowest BCUT2D eigenvalue weighted by atomic mass is 9.97. The second kappa shape index (κ2) is 8.52. The van der Waals surface area contributed by atoms with E-state index in [9.17, 15) is 10.2 Å². The topological polar surface area (TPSA) is 49.7 Å². The van der Waals surface area contributed by atoms with Crippen molar-refractivity contribution in [2.24, 2.45) is 5.92 Å². The molecule has 1 fully saturated rings. The molecule has 3 nitrogen and oxygen atoms in total. The number of hydrogen-bond acceptors (Lipinski definition) is 3. The van der Waals surface area contributed by atoms with Gasteiger partial charge in [0.05, 0.1) is 12.2 Å². The molecule has 3 heteroatoms. The molecule has 1 aliphatic carbocycles. The summed E-state index contributed by atoms with van der Waals surface area (Å²) in [6.45, 7) is 1.63. The SMILES string of the molecule is CC(O)O[C@@H]1C[C@@H](CCCCCc2ccccc2)[C@H](O)C1. The van der Waals surface area contributed by atoms with E-state index in [1.54, 1.807) is 6.92 Å². The summed E-state index contributed by atoms with van der Waals surface area (Å²) in [4.78, 5) is 0. The lowest BCUT2D eigenvalue weighted by Crippen LogP contribution is -2.17. The molecule has 0 bridgehead atoms. The molecular formula is C18H28O3. The highest BCUT2D eigenvalue weighted by Gasteiger charge is 2.33. The zero-order chi connectivity index (χ0) is 15.1. The summed E-state index contributed by atoms with van der Waals surface area (Å²) in [7, 11) is 0. The van der Waals surface area contributed by atoms with Gasteiger partial charge in [0.2, 0.25) is 0 Å². The molecule has 0 aromatic heterocycles. The van der Waals surface area contributed by atoms with Crippen molar-refractivity contribution in [3.63, 3.8) is 0 Å². The standard InChI is InChI=1S/C18H28O3/c1-14(19)21-17-12-16(18(20)13-17)11-7-3-6-10-15-8-4-2-5-9-15/h2,4-5,8-9,14,16-20H,3,6-7,10-13H2,1H3/t14?,16-,17-,18-/m1/s1. The molecule has 118 valence electrons. The number of unbranched alkanes of at least 4 members (excludes halogenated alkanes) is 2. The molecule has 21 heavy (non-hydrogen) atoms. The predicted octanol–water partition coefficient (Wildman–Crippen LogP) is 3.28. The third kappa shape index (κ3) is 5.77. The van der Waals surface area contributed by atoms with Crippen molar-refractivity contribution in [1.82, 2.24) is 0 Å². The van der Waals surface area contributed by atoms with Gasteiger partial charge in [0.15, 0.2) is 6.29 Å². The number of aliphatic hydroxyl groups is 2. The van der Waals surface area contributed by atoms with Gasteiger partial charge in [-0.1, -0.05) is 43.2 Å². The van der Waals surface area contributed by atoms with E-state index in [-0.39, 0.29) is 12.2 Å². The van der Waals surface area contributed by atoms with Crippen LogP contribution in [0.2, 0.25) is 0 Å². The Bertz CT molecular complexity index is 391. The smallest absolute Gasteiger partial charge is 0.152 e. The minimum Gasteiger partial charge on any atom is -0.393 e. The van der Waals surface area contributed by atoms with Gasteiger partial charge in [-0.15, -0.1) is 0 Å². The zero-order valence-electron chi connectivity index (χ0n) is 12.9. The summed E-state index contributed by atoms with van der Waals surface area (Å²) < 4.78 is 5.39. The van der Waals surface area contributed by atoms with Crippen LogP contribution < -0.4 is 0 Å². The van der Waals surface area contributed by atoms with Crippen LogP contribution in [0.25, 0.3) is 0 Å². The van der Waals surface area contributed by atoms with Crippen molar-refractivity contribution in [3.05, 3.63) is 35.9 Å². The number of benzene rings is 1. The second-order valence-electron chi connectivity index (χ2n) is 6.24. The molecule has 2 N–H and O–H groups in total. The first kappa shape index (κ1) is 16.5. The van der Waals surface area contributed by atoms with Crippen molar-refractivity contribution >= 4 is 0 Å². The minimum atomic E-state index is -0.730. The van der Waals surface area contributed by atoms with E-state index >= 15 is 0 Å². The molecule has 1 saturated carbocycles. The first-order valence-electron chi connectivity index (χ1n) is 8.20. The fourth-order valence-corrected chi connectivity index (χ4v) is 3.31. The van der Waals surface area contributed by atoms with Crippen LogP contribution in [-0.2, 0) is 11.2 Å². The minimum absolute atomic E-state index is 0.0225. The molecular weight excluding hydrogens is 264 g/mol. The molecule has 1 unspecified atom stereocenters. The quantitative estimate of drug-likeness (QED) is 0.571. The second-order valence-corrected chi connectivity index (χ2v) is 6.24. The highest BCUT2D eigenvalue weighted by molar-refractivity contribution is 5.14. The number of rotatable bonds is 8. The van der Waals surface area contributed by atoms with Crippen LogP contribution in [0.1, 0.15) is 51.0 Å². The van der Waals surface area contributed by atoms with Crippen molar-refractivity contribution in [2.45, 2.75) is 70.4 Å². The first-order chi connectivity index (χ1) is 10.1. The maximum atomic E-state index is 10.0. The number of ether oxygens (including phenoxy) is 1. The average molecular weight is 292 g/mol. The fourth-order valence-electron chi connectivity index (χ4n) is 3.31. The zero-order valence-corrected chi connectivity index (χ0v) is 12.9. The summed E-state index contributed by atoms with van der Waals surface area (Å²) >= 11 is 0. The molecule has 0 spiro atoms. The molecule has 1 aromatic rings. The highest BCUT2D eigenvalue weighted by Crippen LogP contribution is 2.32. The Morgan fingerprint density at radius 1 is 1.14 bits per heavy atom. The molecule has 0 amide bonds. The van der Waals surface area contributed by atoms with E-state index in [1.165, 1.54) is 18.4 Å². The maximum Gasteiger partial charge on any atom is 0.152 e. The Balaban J connectivity index is 1.58. The van der Waals surface area contributed by atoms with Crippen LogP contribution in [-0.4, -0.2) is 28.7 Å². The Morgan fingerprint density at radius 2 is 1.90 bits per heavy atom. The van der Waals surface area contributed by atoms with E-state index in [1.807, 2.05) is 0 Å². The van der Waals surface area contributed by atoms with Crippen molar-refractivity contribution in [3.8, 4) is 0 Å². The molecule has 2 rings (SSSR count). The van der Waals surface area contributed by atoms with Crippen LogP contribution >= 0.6 is 0 Å². The lowest BCUT2D eigenvalue weighted by molar-refractivity contribution is -0.123. The summed E-state index contributed by atoms with van der Waals surface area (Å²) in [5, 5.41) is 19.3. The molecule has 4 atom stereocenters. The van der Waals surface area contributed by atoms with Gasteiger partial charge in [-0.05, 0) is 50.5 Å². The van der Waals surface area contributed by atoms with Gasteiger partial charge in [0.25, 0.3) is 0 Å². The van der Waals surface area contributed by atoms with Crippen LogP contribution in [0.3, 0.4) is 0 Å². The third-order valence-electron chi connectivity index (χ3n) is 4.39. The Hall–Kier alpha value is -0.900. The number of aryl methyl sites for hydroxylation is 1. The molecule has 0 heterocycles. The van der Waals surface area contributed by atoms with E-state index in [0.717, 1.165) is 25.7 Å². The van der Waals surface area contributed by atoms with Crippen molar-refractivity contribution in [1.29, 1.82) is 0 Å². The van der Waals surface area contributed by atoms with Crippen LogP contribution in [0.15, 0.2) is 30.3 Å². The molecule has 1 aromatic carbocycles. The van der Waals surface area contributed by atoms with Gasteiger partial charge in [-0.25, -0.2) is 0 Å². The van der Waals surface area contributed by atoms with Gasteiger partial charge in [0.1, 0.15) is 0 Å². The third-order valence-corrected chi connectivity index (χ3v) is 4.39. The summed E-state index contributed by atoms with van der Waals surface area (Å²) in [6, 6.07) is 10.6. The predicted molar refractivity (Wildman–Crippen MR) is 83.9 cm³/mol. The Kier molecular flexibility index (Phi) is 6.68. The van der Waals surface area contributed by atoms with E-state index in [0.29, 0.717) is 12.3 Å². The molecule has 0 aliphatic heterocycles. The number of hydrogen-bond donors (Lipinski definition) is 2. The summed E-state index contributed by atoms with van der Waals surface area (Å²) in [5.74, 6) is 0.338. The van der Waals surface area contributed by atoms with E-state index in [4.69, 9.17) is 4.74 Å². The largest absolute Gasteiger partial charge is 0.393 e. The maximum absolute atomic E-state index is 10.0. The normalized spacial score (nSPS) is 26.9. The monoisotopic (exact) mass is 292 g/mol. The molecule has 0 radical (unpaired) electrons. The van der Waals surface area contributed by atoms with Crippen molar-refractivity contribution < 1.29 is 14.9 Å². The fraction of sp³-hybridized carbons (Fsp3) is 0.667. The first-order valence-corrected chi connectivity index (χ1v) is 8.20. The van der Waals surface area contributed by atoms with Gasteiger partial charge >= 0.3 is 0 Å². The lowest BCUT2D eigenvalue weighted by Gasteiger charge is -2.14. The summed E-state index contributed by atoms with van der Waals surface area (Å²) in [5.41, 5.74) is 1.41. The van der Waals surface area contributed by atoms with Crippen molar-refractivity contribution in [2.75, 3.05) is 0 Å². The van der Waals surface area contributed by atoms with Crippen LogP contribution in [0, 0.1) is 5.92 Å². The van der Waals surface area contributed by atoms with Gasteiger partial charge < -0.3 is 14.9 Å². The molecule has 0 saturated heterocycles. The van der Waals surface area contributed by atoms with E-state index < -0.39 is 6.29 Å². The Morgan fingerprint density at radius 3 is 2.62 bits per heavy atom. The summed E-state index contributed by atoms with van der Waals surface area (Å²) in [6.07, 6.45) is 6.36. The van der Waals surface area contributed by atoms with Gasteiger partial charge in [-0.3, -0.25) is 0 Å². The highest BCUT2D eigenvalue weighted by atomic mass is 16.6. The van der Waals surface area contributed by atoms with E-state index in [2.05, 4.69) is 30.3 Å². The Labute approximate surface area is 128 Å². The average Bonchev–Trinajstić information content (AvgIpc) is 2.79. The van der Waals surface area contributed by atoms with Crippen LogP contribution in [0.4, 0.5) is 0 Å². The van der Waals surface area contributed by atoms with Gasteiger partial charge in [-0.2, -0.15) is 0 Å². The van der Waals surface area contributed by atoms with Gasteiger partial charge in [0, 0.05) is 0 Å². The van der Waals surface area contributed by atoms with Crippen LogP contribution in [0.5, 0.6) is 0 Å².